The lowest BCUT2D eigenvalue weighted by molar-refractivity contribution is 0.160. The van der Waals surface area contributed by atoms with Gasteiger partial charge in [0.25, 0.3) is 0 Å². The van der Waals surface area contributed by atoms with Gasteiger partial charge in [-0.1, -0.05) is 19.1 Å². The van der Waals surface area contributed by atoms with Crippen molar-refractivity contribution in [3.8, 4) is 5.75 Å². The second-order valence-corrected chi connectivity index (χ2v) is 3.66. The Morgan fingerprint density at radius 2 is 1.88 bits per heavy atom. The molecule has 0 bridgehead atoms. The Kier molecular flexibility index (Phi) is 5.48. The van der Waals surface area contributed by atoms with Crippen LogP contribution < -0.4 is 4.74 Å². The summed E-state index contributed by atoms with van der Waals surface area (Å²) in [4.78, 5) is 0. The zero-order valence-electron chi connectivity index (χ0n) is 10.3. The minimum atomic E-state index is 0.277. The maximum absolute atomic E-state index is 5.46. The number of hydrogen-bond donors (Lipinski definition) is 0. The van der Waals surface area contributed by atoms with E-state index in [1.807, 2.05) is 37.3 Å². The Bertz CT molecular complexity index is 314. The van der Waals surface area contributed by atoms with Crippen LogP contribution in [0.5, 0.6) is 5.75 Å². The maximum atomic E-state index is 5.46. The van der Waals surface area contributed by atoms with Crippen LogP contribution in [0.3, 0.4) is 0 Å². The standard InChI is InChI=1S/C14H20O2/c1-4-12(3)16-11-10-13-6-8-14(9-7-13)15-5-2/h6-12H,4-5H2,1-3H3. The van der Waals surface area contributed by atoms with E-state index in [0.717, 1.165) is 17.7 Å². The van der Waals surface area contributed by atoms with E-state index in [1.165, 1.54) is 0 Å². The molecule has 0 saturated carbocycles. The van der Waals surface area contributed by atoms with Crippen LogP contribution in [0.1, 0.15) is 32.8 Å². The Morgan fingerprint density at radius 1 is 1.19 bits per heavy atom. The van der Waals surface area contributed by atoms with Gasteiger partial charge in [0.1, 0.15) is 5.75 Å². The number of ether oxygens (including phenoxy) is 2. The van der Waals surface area contributed by atoms with E-state index in [-0.39, 0.29) is 6.10 Å². The molecular formula is C14H20O2. The third-order valence-corrected chi connectivity index (χ3v) is 2.34. The molecular weight excluding hydrogens is 200 g/mol. The maximum Gasteiger partial charge on any atom is 0.119 e. The summed E-state index contributed by atoms with van der Waals surface area (Å²) in [6, 6.07) is 7.96. The summed E-state index contributed by atoms with van der Waals surface area (Å²) < 4.78 is 10.8. The second kappa shape index (κ2) is 6.94. The third kappa shape index (κ3) is 4.39. The number of hydrogen-bond acceptors (Lipinski definition) is 2. The third-order valence-electron chi connectivity index (χ3n) is 2.34. The second-order valence-electron chi connectivity index (χ2n) is 3.66. The fraction of sp³-hybridized carbons (Fsp3) is 0.429. The van der Waals surface area contributed by atoms with Gasteiger partial charge in [-0.25, -0.2) is 0 Å². The van der Waals surface area contributed by atoms with E-state index in [0.29, 0.717) is 6.61 Å². The van der Waals surface area contributed by atoms with Crippen molar-refractivity contribution in [3.05, 3.63) is 36.1 Å². The van der Waals surface area contributed by atoms with E-state index in [9.17, 15) is 0 Å². The summed E-state index contributed by atoms with van der Waals surface area (Å²) in [6.45, 7) is 6.85. The average Bonchev–Trinajstić information content (AvgIpc) is 2.31. The summed E-state index contributed by atoms with van der Waals surface area (Å²) in [5.74, 6) is 0.905. The van der Waals surface area contributed by atoms with Crippen LogP contribution in [-0.2, 0) is 4.74 Å². The van der Waals surface area contributed by atoms with Gasteiger partial charge in [0.15, 0.2) is 0 Å². The van der Waals surface area contributed by atoms with E-state index in [1.54, 1.807) is 6.26 Å². The topological polar surface area (TPSA) is 18.5 Å². The normalized spacial score (nSPS) is 12.7. The number of benzene rings is 1. The smallest absolute Gasteiger partial charge is 0.119 e. The van der Waals surface area contributed by atoms with Crippen LogP contribution in [0.4, 0.5) is 0 Å². The van der Waals surface area contributed by atoms with Crippen molar-refractivity contribution >= 4 is 6.08 Å². The highest BCUT2D eigenvalue weighted by molar-refractivity contribution is 5.49. The molecule has 0 aliphatic heterocycles. The first-order valence-electron chi connectivity index (χ1n) is 5.81. The highest BCUT2D eigenvalue weighted by Gasteiger charge is 1.94. The molecule has 16 heavy (non-hydrogen) atoms. The van der Waals surface area contributed by atoms with Gasteiger partial charge in [-0.3, -0.25) is 0 Å². The lowest BCUT2D eigenvalue weighted by Gasteiger charge is -2.07. The van der Waals surface area contributed by atoms with Gasteiger partial charge in [0.2, 0.25) is 0 Å². The highest BCUT2D eigenvalue weighted by atomic mass is 16.5. The van der Waals surface area contributed by atoms with Crippen molar-refractivity contribution in [1.29, 1.82) is 0 Å². The molecule has 0 amide bonds. The van der Waals surface area contributed by atoms with Gasteiger partial charge in [-0.15, -0.1) is 0 Å². The molecule has 1 atom stereocenters. The van der Waals surface area contributed by atoms with Crippen molar-refractivity contribution in [2.75, 3.05) is 6.61 Å². The SMILES string of the molecule is CCOc1ccc(C=COC(C)CC)cc1. The van der Waals surface area contributed by atoms with Gasteiger partial charge in [0, 0.05) is 0 Å². The summed E-state index contributed by atoms with van der Waals surface area (Å²) >= 11 is 0. The molecule has 88 valence electrons. The van der Waals surface area contributed by atoms with Crippen molar-refractivity contribution in [2.45, 2.75) is 33.3 Å². The minimum Gasteiger partial charge on any atom is -0.498 e. The van der Waals surface area contributed by atoms with Gasteiger partial charge in [0.05, 0.1) is 19.0 Å². The molecule has 0 aliphatic rings. The first-order chi connectivity index (χ1) is 7.76. The number of rotatable bonds is 6. The fourth-order valence-electron chi connectivity index (χ4n) is 1.19. The Hall–Kier alpha value is -1.44. The molecule has 0 heterocycles. The van der Waals surface area contributed by atoms with Gasteiger partial charge >= 0.3 is 0 Å². The predicted octanol–water partition coefficient (Wildman–Crippen LogP) is 3.87. The van der Waals surface area contributed by atoms with Gasteiger partial charge in [-0.05, 0) is 44.0 Å². The lowest BCUT2D eigenvalue weighted by atomic mass is 10.2. The zero-order valence-corrected chi connectivity index (χ0v) is 10.3. The summed E-state index contributed by atoms with van der Waals surface area (Å²) in [7, 11) is 0. The molecule has 0 spiro atoms. The van der Waals surface area contributed by atoms with Crippen LogP contribution in [0.25, 0.3) is 6.08 Å². The largest absolute Gasteiger partial charge is 0.498 e. The first-order valence-corrected chi connectivity index (χ1v) is 5.81. The van der Waals surface area contributed by atoms with Crippen molar-refractivity contribution < 1.29 is 9.47 Å². The minimum absolute atomic E-state index is 0.277. The molecule has 1 aromatic carbocycles. The molecule has 1 aromatic rings. The Morgan fingerprint density at radius 3 is 2.44 bits per heavy atom. The molecule has 0 fully saturated rings. The zero-order chi connectivity index (χ0) is 11.8. The van der Waals surface area contributed by atoms with Crippen LogP contribution in [0, 0.1) is 0 Å². The molecule has 0 N–H and O–H groups in total. The predicted molar refractivity (Wildman–Crippen MR) is 67.5 cm³/mol. The van der Waals surface area contributed by atoms with Crippen LogP contribution >= 0.6 is 0 Å². The van der Waals surface area contributed by atoms with Gasteiger partial charge < -0.3 is 9.47 Å². The first kappa shape index (κ1) is 12.6. The summed E-state index contributed by atoms with van der Waals surface area (Å²) in [5, 5.41) is 0. The van der Waals surface area contributed by atoms with Crippen LogP contribution in [0.2, 0.25) is 0 Å². The van der Waals surface area contributed by atoms with E-state index >= 15 is 0 Å². The molecule has 1 rings (SSSR count). The van der Waals surface area contributed by atoms with E-state index in [2.05, 4.69) is 13.8 Å². The summed E-state index contributed by atoms with van der Waals surface area (Å²) in [6.07, 6.45) is 5.01. The van der Waals surface area contributed by atoms with Crippen molar-refractivity contribution in [2.24, 2.45) is 0 Å². The van der Waals surface area contributed by atoms with Gasteiger partial charge in [-0.2, -0.15) is 0 Å². The Labute approximate surface area is 97.9 Å². The summed E-state index contributed by atoms with van der Waals surface area (Å²) in [5.41, 5.74) is 1.12. The van der Waals surface area contributed by atoms with E-state index in [4.69, 9.17) is 9.47 Å². The van der Waals surface area contributed by atoms with Crippen LogP contribution in [-0.4, -0.2) is 12.7 Å². The molecule has 2 heteroatoms. The monoisotopic (exact) mass is 220 g/mol. The molecule has 0 aromatic heterocycles. The fourth-order valence-corrected chi connectivity index (χ4v) is 1.19. The average molecular weight is 220 g/mol. The van der Waals surface area contributed by atoms with Crippen LogP contribution in [0.15, 0.2) is 30.5 Å². The highest BCUT2D eigenvalue weighted by Crippen LogP contribution is 2.13. The molecule has 0 aliphatic carbocycles. The molecule has 2 nitrogen and oxygen atoms in total. The Balaban J connectivity index is 2.48. The molecule has 0 saturated heterocycles. The quantitative estimate of drug-likeness (QED) is 0.677. The van der Waals surface area contributed by atoms with E-state index < -0.39 is 0 Å². The van der Waals surface area contributed by atoms with Crippen molar-refractivity contribution in [3.63, 3.8) is 0 Å². The molecule has 1 unspecified atom stereocenters. The van der Waals surface area contributed by atoms with Crippen molar-refractivity contribution in [1.82, 2.24) is 0 Å². The molecule has 0 radical (unpaired) electrons. The lowest BCUT2D eigenvalue weighted by Crippen LogP contribution is -2.00.